The van der Waals surface area contributed by atoms with Gasteiger partial charge in [0.25, 0.3) is 0 Å². The second-order valence-corrected chi connectivity index (χ2v) is 7.37. The number of benzene rings is 3. The van der Waals surface area contributed by atoms with Crippen molar-refractivity contribution in [2.24, 2.45) is 5.10 Å². The highest BCUT2D eigenvalue weighted by molar-refractivity contribution is 6.00. The first-order valence-corrected chi connectivity index (χ1v) is 10.5. The van der Waals surface area contributed by atoms with Crippen LogP contribution in [0.1, 0.15) is 11.3 Å². The van der Waals surface area contributed by atoms with Crippen molar-refractivity contribution in [3.05, 3.63) is 96.2 Å². The molecule has 0 unspecified atom stereocenters. The molecule has 0 aliphatic heterocycles. The Bertz CT molecular complexity index is 1330. The van der Waals surface area contributed by atoms with Gasteiger partial charge in [-0.2, -0.15) is 20.1 Å². The summed E-state index contributed by atoms with van der Waals surface area (Å²) < 4.78 is 0. The van der Waals surface area contributed by atoms with Gasteiger partial charge in [-0.25, -0.2) is 5.43 Å². The molecule has 4 N–H and O–H groups in total. The Kier molecular flexibility index (Phi) is 5.62. The minimum absolute atomic E-state index is 0.315. The summed E-state index contributed by atoms with van der Waals surface area (Å²) >= 11 is 0. The van der Waals surface area contributed by atoms with Gasteiger partial charge >= 0.3 is 0 Å². The largest absolute Gasteiger partial charge is 0.358 e. The molecule has 0 aliphatic rings. The molecule has 2 aromatic heterocycles. The van der Waals surface area contributed by atoms with Gasteiger partial charge < -0.3 is 15.6 Å². The molecule has 0 aliphatic carbocycles. The first-order valence-electron chi connectivity index (χ1n) is 10.5. The molecule has 0 atom stereocenters. The Hall–Kier alpha value is -4.72. The third-order valence-corrected chi connectivity index (χ3v) is 5.00. The Morgan fingerprint density at radius 2 is 1.24 bits per heavy atom. The quantitative estimate of drug-likeness (QED) is 0.197. The van der Waals surface area contributed by atoms with Gasteiger partial charge in [0.1, 0.15) is 0 Å². The van der Waals surface area contributed by atoms with E-state index >= 15 is 0 Å². The Morgan fingerprint density at radius 1 is 0.697 bits per heavy atom. The average molecular weight is 435 g/mol. The predicted octanol–water partition coefficient (Wildman–Crippen LogP) is 5.59. The average Bonchev–Trinajstić information content (AvgIpc) is 3.15. The van der Waals surface area contributed by atoms with Crippen LogP contribution in [0, 0.1) is 6.92 Å². The van der Waals surface area contributed by atoms with Crippen molar-refractivity contribution in [3.63, 3.8) is 0 Å². The number of anilines is 5. The molecule has 5 rings (SSSR count). The number of aryl methyl sites for hydroxylation is 1. The standard InChI is InChI=1S/C25H22N8/c1-17-21(20-14-8-9-15-22(20)27-17)16-26-33-25-31-23(28-18-10-4-2-5-11-18)30-24(32-25)29-19-12-6-3-7-13-19/h2-16,27H,1H3,(H3,28,29,30,31,32,33). The molecule has 0 fully saturated rings. The zero-order valence-corrected chi connectivity index (χ0v) is 17.9. The Labute approximate surface area is 190 Å². The second kappa shape index (κ2) is 9.19. The second-order valence-electron chi connectivity index (χ2n) is 7.37. The van der Waals surface area contributed by atoms with E-state index in [1.165, 1.54) is 0 Å². The SMILES string of the molecule is Cc1[nH]c2ccccc2c1C=NNc1nc(Nc2ccccc2)nc(Nc2ccccc2)n1. The molecule has 5 aromatic rings. The molecule has 8 heteroatoms. The zero-order valence-electron chi connectivity index (χ0n) is 17.9. The van der Waals surface area contributed by atoms with Crippen LogP contribution in [0.5, 0.6) is 0 Å². The molecule has 0 spiro atoms. The summed E-state index contributed by atoms with van der Waals surface area (Å²) in [5.74, 6) is 1.11. The van der Waals surface area contributed by atoms with E-state index in [0.717, 1.165) is 33.5 Å². The van der Waals surface area contributed by atoms with Gasteiger partial charge in [0.2, 0.25) is 17.8 Å². The fraction of sp³-hybridized carbons (Fsp3) is 0.0400. The van der Waals surface area contributed by atoms with Crippen LogP contribution in [0.25, 0.3) is 10.9 Å². The number of hydrogen-bond donors (Lipinski definition) is 4. The number of nitrogens with zero attached hydrogens (tertiary/aromatic N) is 4. The number of aromatic amines is 1. The smallest absolute Gasteiger partial charge is 0.250 e. The summed E-state index contributed by atoms with van der Waals surface area (Å²) in [6, 6.07) is 27.6. The molecule has 0 saturated carbocycles. The van der Waals surface area contributed by atoms with E-state index in [4.69, 9.17) is 0 Å². The summed E-state index contributed by atoms with van der Waals surface area (Å²) in [5, 5.41) is 11.9. The molecule has 0 bridgehead atoms. The van der Waals surface area contributed by atoms with E-state index in [9.17, 15) is 0 Å². The minimum atomic E-state index is 0.315. The number of nitrogens with one attached hydrogen (secondary N) is 4. The van der Waals surface area contributed by atoms with Crippen LogP contribution in [0.3, 0.4) is 0 Å². The van der Waals surface area contributed by atoms with Crippen molar-refractivity contribution < 1.29 is 0 Å². The number of hydrazone groups is 1. The molecule has 2 heterocycles. The minimum Gasteiger partial charge on any atom is -0.358 e. The number of rotatable bonds is 7. The van der Waals surface area contributed by atoms with E-state index in [1.807, 2.05) is 85.8 Å². The third-order valence-electron chi connectivity index (χ3n) is 5.00. The topological polar surface area (TPSA) is 103 Å². The van der Waals surface area contributed by atoms with Gasteiger partial charge in [-0.05, 0) is 37.3 Å². The van der Waals surface area contributed by atoms with Gasteiger partial charge in [-0.3, -0.25) is 0 Å². The van der Waals surface area contributed by atoms with Gasteiger partial charge in [0.05, 0.1) is 6.21 Å². The summed E-state index contributed by atoms with van der Waals surface area (Å²) in [6.45, 7) is 2.02. The maximum absolute atomic E-state index is 4.50. The Balaban J connectivity index is 1.42. The lowest BCUT2D eigenvalue weighted by molar-refractivity contribution is 1.04. The molecule has 8 nitrogen and oxygen atoms in total. The summed E-state index contributed by atoms with van der Waals surface area (Å²) in [4.78, 5) is 16.8. The van der Waals surface area contributed by atoms with Crippen LogP contribution in [-0.4, -0.2) is 26.2 Å². The predicted molar refractivity (Wildman–Crippen MR) is 134 cm³/mol. The first kappa shape index (κ1) is 20.2. The molecular formula is C25H22N8. The van der Waals surface area contributed by atoms with E-state index in [1.54, 1.807) is 6.21 Å². The first-order chi connectivity index (χ1) is 16.2. The molecular weight excluding hydrogens is 412 g/mol. The van der Waals surface area contributed by atoms with Gasteiger partial charge in [-0.15, -0.1) is 0 Å². The number of fused-ring (bicyclic) bond motifs is 1. The maximum atomic E-state index is 4.50. The van der Waals surface area contributed by atoms with E-state index in [0.29, 0.717) is 17.8 Å². The van der Waals surface area contributed by atoms with Crippen LogP contribution in [0.15, 0.2) is 90.0 Å². The fourth-order valence-electron chi connectivity index (χ4n) is 3.46. The van der Waals surface area contributed by atoms with Crippen LogP contribution < -0.4 is 16.1 Å². The summed E-state index contributed by atoms with van der Waals surface area (Å²) in [7, 11) is 0. The molecule has 0 saturated heterocycles. The van der Waals surface area contributed by atoms with Crippen LogP contribution in [0.4, 0.5) is 29.2 Å². The van der Waals surface area contributed by atoms with Gasteiger partial charge in [0, 0.05) is 33.5 Å². The van der Waals surface area contributed by atoms with Gasteiger partial charge in [0.15, 0.2) is 0 Å². The van der Waals surface area contributed by atoms with Crippen molar-refractivity contribution in [1.82, 2.24) is 19.9 Å². The maximum Gasteiger partial charge on any atom is 0.250 e. The van der Waals surface area contributed by atoms with Crippen molar-refractivity contribution in [1.29, 1.82) is 0 Å². The highest BCUT2D eigenvalue weighted by Crippen LogP contribution is 2.21. The number of para-hydroxylation sites is 3. The molecule has 162 valence electrons. The van der Waals surface area contributed by atoms with Crippen LogP contribution in [-0.2, 0) is 0 Å². The lowest BCUT2D eigenvalue weighted by Gasteiger charge is -2.10. The van der Waals surface area contributed by atoms with Crippen LogP contribution >= 0.6 is 0 Å². The van der Waals surface area contributed by atoms with E-state index in [-0.39, 0.29) is 0 Å². The van der Waals surface area contributed by atoms with Gasteiger partial charge in [-0.1, -0.05) is 54.6 Å². The number of hydrogen-bond acceptors (Lipinski definition) is 7. The lowest BCUT2D eigenvalue weighted by Crippen LogP contribution is -2.07. The molecule has 33 heavy (non-hydrogen) atoms. The molecule has 0 radical (unpaired) electrons. The summed E-state index contributed by atoms with van der Waals surface area (Å²) in [6.07, 6.45) is 1.77. The lowest BCUT2D eigenvalue weighted by atomic mass is 10.1. The fourth-order valence-corrected chi connectivity index (χ4v) is 3.46. The zero-order chi connectivity index (χ0) is 22.5. The highest BCUT2D eigenvalue weighted by Gasteiger charge is 2.08. The van der Waals surface area contributed by atoms with E-state index < -0.39 is 0 Å². The van der Waals surface area contributed by atoms with E-state index in [2.05, 4.69) is 47.2 Å². The van der Waals surface area contributed by atoms with Crippen molar-refractivity contribution >= 4 is 46.3 Å². The third kappa shape index (κ3) is 4.80. The normalized spacial score (nSPS) is 11.1. The Morgan fingerprint density at radius 3 is 1.88 bits per heavy atom. The van der Waals surface area contributed by atoms with Crippen molar-refractivity contribution in [2.75, 3.05) is 16.1 Å². The highest BCUT2D eigenvalue weighted by atomic mass is 15.4. The number of H-pyrrole nitrogens is 1. The molecule has 0 amide bonds. The molecule has 3 aromatic carbocycles. The number of aromatic nitrogens is 4. The van der Waals surface area contributed by atoms with Crippen molar-refractivity contribution in [3.8, 4) is 0 Å². The summed E-state index contributed by atoms with van der Waals surface area (Å²) in [5.41, 5.74) is 7.81. The monoisotopic (exact) mass is 434 g/mol. The van der Waals surface area contributed by atoms with Crippen molar-refractivity contribution in [2.45, 2.75) is 6.92 Å². The van der Waals surface area contributed by atoms with Crippen LogP contribution in [0.2, 0.25) is 0 Å².